The monoisotopic (exact) mass is 270 g/mol. The third kappa shape index (κ3) is 3.38. The zero-order chi connectivity index (χ0) is 14.8. The molecule has 0 aliphatic heterocycles. The van der Waals surface area contributed by atoms with Crippen LogP contribution in [0.1, 0.15) is 51.4 Å². The first-order valence-electron chi connectivity index (χ1n) is 6.87. The van der Waals surface area contributed by atoms with E-state index in [0.717, 1.165) is 17.7 Å². The van der Waals surface area contributed by atoms with Crippen molar-refractivity contribution in [1.82, 2.24) is 20.2 Å². The molecule has 0 N–H and O–H groups in total. The van der Waals surface area contributed by atoms with Gasteiger partial charge in [0.2, 0.25) is 0 Å². The maximum Gasteiger partial charge on any atom is 0.115 e. The molecule has 0 radical (unpaired) electrons. The molecule has 4 heteroatoms. The van der Waals surface area contributed by atoms with Gasteiger partial charge in [-0.2, -0.15) is 10.2 Å². The molecule has 0 saturated heterocycles. The van der Waals surface area contributed by atoms with Gasteiger partial charge in [-0.05, 0) is 28.0 Å². The van der Waals surface area contributed by atoms with E-state index in [-0.39, 0.29) is 10.8 Å². The molecule has 2 aromatic rings. The van der Waals surface area contributed by atoms with Crippen LogP contribution in [0.25, 0.3) is 0 Å². The van der Waals surface area contributed by atoms with E-state index < -0.39 is 0 Å². The van der Waals surface area contributed by atoms with Crippen LogP contribution in [0.2, 0.25) is 0 Å². The Morgan fingerprint density at radius 1 is 0.900 bits per heavy atom. The van der Waals surface area contributed by atoms with Gasteiger partial charge in [-0.3, -0.25) is 0 Å². The molecule has 2 aromatic heterocycles. The Morgan fingerprint density at radius 3 is 2.15 bits per heavy atom. The first-order chi connectivity index (χ1) is 9.29. The van der Waals surface area contributed by atoms with Gasteiger partial charge in [0.25, 0.3) is 0 Å². The van der Waals surface area contributed by atoms with Crippen LogP contribution in [0.5, 0.6) is 0 Å². The van der Waals surface area contributed by atoms with Crippen LogP contribution in [-0.4, -0.2) is 20.2 Å². The first-order valence-corrected chi connectivity index (χ1v) is 6.87. The van der Waals surface area contributed by atoms with Crippen molar-refractivity contribution in [3.63, 3.8) is 0 Å². The Kier molecular flexibility index (Phi) is 3.84. The molecule has 0 amide bonds. The van der Waals surface area contributed by atoms with E-state index in [0.29, 0.717) is 0 Å². The lowest BCUT2D eigenvalue weighted by molar-refractivity contribution is 0.504. The number of hydrogen-bond acceptors (Lipinski definition) is 4. The number of nitrogens with zero attached hydrogens (tertiary/aromatic N) is 4. The lowest BCUT2D eigenvalue weighted by Crippen LogP contribution is -2.22. The van der Waals surface area contributed by atoms with E-state index in [1.165, 1.54) is 5.56 Å². The highest BCUT2D eigenvalue weighted by molar-refractivity contribution is 5.24. The molecule has 0 saturated carbocycles. The molecule has 0 fully saturated rings. The molecule has 0 aliphatic rings. The van der Waals surface area contributed by atoms with Crippen molar-refractivity contribution >= 4 is 0 Å². The predicted octanol–water partition coefficient (Wildman–Crippen LogP) is 3.08. The minimum Gasteiger partial charge on any atom is -0.245 e. The van der Waals surface area contributed by atoms with E-state index >= 15 is 0 Å². The van der Waals surface area contributed by atoms with Crippen LogP contribution in [0.3, 0.4) is 0 Å². The number of rotatable bonds is 3. The van der Waals surface area contributed by atoms with Crippen LogP contribution in [-0.2, 0) is 17.3 Å². The summed E-state index contributed by atoms with van der Waals surface area (Å²) in [5.74, 6) is 0. The van der Waals surface area contributed by atoms with Crippen molar-refractivity contribution in [2.45, 2.75) is 51.9 Å². The highest BCUT2D eigenvalue weighted by Crippen LogP contribution is 2.27. The summed E-state index contributed by atoms with van der Waals surface area (Å²) in [6.07, 6.45) is 7.96. The molecule has 106 valence electrons. The molecule has 0 aliphatic carbocycles. The number of hydrogen-bond donors (Lipinski definition) is 0. The predicted molar refractivity (Wildman–Crippen MR) is 79.5 cm³/mol. The molecule has 2 rings (SSSR count). The van der Waals surface area contributed by atoms with Gasteiger partial charge in [0.15, 0.2) is 0 Å². The number of aromatic nitrogens is 4. The summed E-state index contributed by atoms with van der Waals surface area (Å²) in [6.45, 7) is 10.9. The lowest BCUT2D eigenvalue weighted by atomic mass is 9.81. The second-order valence-corrected chi connectivity index (χ2v) is 6.87. The summed E-state index contributed by atoms with van der Waals surface area (Å²) in [5.41, 5.74) is 3.36. The molecular formula is C16H22N4. The molecule has 20 heavy (non-hydrogen) atoms. The highest BCUT2D eigenvalue weighted by Gasteiger charge is 2.24. The molecule has 0 aromatic carbocycles. The Labute approximate surface area is 120 Å². The van der Waals surface area contributed by atoms with E-state index in [2.05, 4.69) is 60.9 Å². The first kappa shape index (κ1) is 14.6. The van der Waals surface area contributed by atoms with Crippen LogP contribution >= 0.6 is 0 Å². The molecule has 2 heterocycles. The van der Waals surface area contributed by atoms with Gasteiger partial charge >= 0.3 is 0 Å². The van der Waals surface area contributed by atoms with Crippen LogP contribution in [0.15, 0.2) is 31.0 Å². The van der Waals surface area contributed by atoms with Crippen molar-refractivity contribution in [3.8, 4) is 0 Å². The zero-order valence-electron chi connectivity index (χ0n) is 12.9. The second kappa shape index (κ2) is 5.27. The maximum absolute atomic E-state index is 4.27. The van der Waals surface area contributed by atoms with Crippen molar-refractivity contribution in [2.24, 2.45) is 0 Å². The van der Waals surface area contributed by atoms with Crippen molar-refractivity contribution in [3.05, 3.63) is 47.8 Å². The minimum absolute atomic E-state index is 0.0630. The molecule has 0 unspecified atom stereocenters. The van der Waals surface area contributed by atoms with Crippen LogP contribution < -0.4 is 0 Å². The van der Waals surface area contributed by atoms with Gasteiger partial charge in [-0.15, -0.1) is 0 Å². The van der Waals surface area contributed by atoms with Gasteiger partial charge in [-0.1, -0.05) is 34.6 Å². The third-order valence-electron chi connectivity index (χ3n) is 3.54. The molecule has 4 nitrogen and oxygen atoms in total. The zero-order valence-corrected chi connectivity index (χ0v) is 12.9. The van der Waals surface area contributed by atoms with E-state index in [4.69, 9.17) is 0 Å². The van der Waals surface area contributed by atoms with E-state index in [1.807, 2.05) is 18.6 Å². The molecule has 0 bridgehead atoms. The maximum atomic E-state index is 4.27. The lowest BCUT2D eigenvalue weighted by Gasteiger charge is -2.25. The minimum atomic E-state index is -0.0630. The Balaban J connectivity index is 2.26. The summed E-state index contributed by atoms with van der Waals surface area (Å²) >= 11 is 0. The Morgan fingerprint density at radius 2 is 1.55 bits per heavy atom. The largest absolute Gasteiger partial charge is 0.245 e. The van der Waals surface area contributed by atoms with Crippen LogP contribution in [0.4, 0.5) is 0 Å². The van der Waals surface area contributed by atoms with E-state index in [1.54, 1.807) is 6.33 Å². The average Bonchev–Trinajstić information content (AvgIpc) is 2.38. The Bertz CT molecular complexity index is 571. The average molecular weight is 270 g/mol. The molecular weight excluding hydrogens is 248 g/mol. The van der Waals surface area contributed by atoms with Gasteiger partial charge < -0.3 is 0 Å². The SMILES string of the molecule is CC(C)(C)c1cnnc(CC(C)(C)c2cncnc2)c1. The van der Waals surface area contributed by atoms with Gasteiger partial charge in [0.1, 0.15) is 6.33 Å². The second-order valence-electron chi connectivity index (χ2n) is 6.87. The molecule has 0 spiro atoms. The normalized spacial score (nSPS) is 12.4. The summed E-state index contributed by atoms with van der Waals surface area (Å²) in [4.78, 5) is 8.20. The summed E-state index contributed by atoms with van der Waals surface area (Å²) in [5, 5.41) is 8.42. The fourth-order valence-electron chi connectivity index (χ4n) is 2.11. The van der Waals surface area contributed by atoms with Gasteiger partial charge in [0, 0.05) is 18.8 Å². The fraction of sp³-hybridized carbons (Fsp3) is 0.500. The third-order valence-corrected chi connectivity index (χ3v) is 3.54. The fourth-order valence-corrected chi connectivity index (χ4v) is 2.11. The van der Waals surface area contributed by atoms with Crippen molar-refractivity contribution in [2.75, 3.05) is 0 Å². The van der Waals surface area contributed by atoms with Crippen molar-refractivity contribution < 1.29 is 0 Å². The standard InChI is InChI=1S/C16H22N4/c1-15(2,3)12-6-14(20-19-10-12)7-16(4,5)13-8-17-11-18-9-13/h6,8-11H,7H2,1-5H3. The van der Waals surface area contributed by atoms with Gasteiger partial charge in [-0.25, -0.2) is 9.97 Å². The quantitative estimate of drug-likeness (QED) is 0.860. The van der Waals surface area contributed by atoms with E-state index in [9.17, 15) is 0 Å². The van der Waals surface area contributed by atoms with Gasteiger partial charge in [0.05, 0.1) is 11.9 Å². The highest BCUT2D eigenvalue weighted by atomic mass is 15.1. The van der Waals surface area contributed by atoms with Crippen molar-refractivity contribution in [1.29, 1.82) is 0 Å². The summed E-state index contributed by atoms with van der Waals surface area (Å²) < 4.78 is 0. The summed E-state index contributed by atoms with van der Waals surface area (Å²) in [6, 6.07) is 2.15. The molecule has 0 atom stereocenters. The topological polar surface area (TPSA) is 51.6 Å². The smallest absolute Gasteiger partial charge is 0.115 e. The summed E-state index contributed by atoms with van der Waals surface area (Å²) in [7, 11) is 0. The van der Waals surface area contributed by atoms with Crippen LogP contribution in [0, 0.1) is 0 Å². The Hall–Kier alpha value is -1.84.